The quantitative estimate of drug-likeness (QED) is 0.843. The Bertz CT molecular complexity index is 711. The second kappa shape index (κ2) is 7.79. The third-order valence-electron chi connectivity index (χ3n) is 4.35. The molecule has 8 heteroatoms. The highest BCUT2D eigenvalue weighted by molar-refractivity contribution is 5.77. The maximum absolute atomic E-state index is 12.0. The Hall–Kier alpha value is -2.19. The average Bonchev–Trinajstić information content (AvgIpc) is 3.16. The maximum atomic E-state index is 12.0. The van der Waals surface area contributed by atoms with Crippen LogP contribution in [0.15, 0.2) is 21.1 Å². The summed E-state index contributed by atoms with van der Waals surface area (Å²) in [5.41, 5.74) is 0. The number of rotatable bonds is 6. The highest BCUT2D eigenvalue weighted by Crippen LogP contribution is 2.28. The Kier molecular flexibility index (Phi) is 5.50. The fourth-order valence-electron chi connectivity index (χ4n) is 3.24. The number of carbonyl (C=O) groups excluding carboxylic acids is 1. The molecule has 2 aromatic heterocycles. The van der Waals surface area contributed by atoms with Crippen molar-refractivity contribution in [1.29, 1.82) is 0 Å². The molecule has 0 aromatic carbocycles. The molecule has 3 rings (SSSR count). The topological polar surface area (TPSA) is 93.6 Å². The minimum Gasteiger partial charge on any atom is -0.465 e. The van der Waals surface area contributed by atoms with Gasteiger partial charge in [0.25, 0.3) is 0 Å². The van der Waals surface area contributed by atoms with Gasteiger partial charge in [0, 0.05) is 13.7 Å². The molecule has 136 valence electrons. The third-order valence-corrected chi connectivity index (χ3v) is 4.35. The van der Waals surface area contributed by atoms with Gasteiger partial charge in [-0.1, -0.05) is 5.16 Å². The molecule has 0 spiro atoms. The summed E-state index contributed by atoms with van der Waals surface area (Å²) >= 11 is 0. The summed E-state index contributed by atoms with van der Waals surface area (Å²) < 4.78 is 15.9. The van der Waals surface area contributed by atoms with Crippen molar-refractivity contribution in [2.75, 3.05) is 26.8 Å². The van der Waals surface area contributed by atoms with Gasteiger partial charge in [-0.25, -0.2) is 0 Å². The molecule has 1 N–H and O–H groups in total. The number of furan rings is 1. The predicted molar refractivity (Wildman–Crippen MR) is 88.9 cm³/mol. The van der Waals surface area contributed by atoms with Crippen LogP contribution in [-0.4, -0.2) is 53.8 Å². The van der Waals surface area contributed by atoms with E-state index in [-0.39, 0.29) is 24.5 Å². The first-order valence-corrected chi connectivity index (χ1v) is 8.41. The van der Waals surface area contributed by atoms with Crippen molar-refractivity contribution in [2.45, 2.75) is 38.8 Å². The highest BCUT2D eigenvalue weighted by atomic mass is 16.5. The van der Waals surface area contributed by atoms with Gasteiger partial charge in [0.2, 0.25) is 11.8 Å². The molecule has 1 aliphatic rings. The second-order valence-electron chi connectivity index (χ2n) is 6.43. The average molecular weight is 348 g/mol. The van der Waals surface area contributed by atoms with Crippen LogP contribution in [0.25, 0.3) is 0 Å². The Labute approximate surface area is 146 Å². The van der Waals surface area contributed by atoms with E-state index in [0.29, 0.717) is 24.8 Å². The first-order chi connectivity index (χ1) is 12.0. The molecule has 0 radical (unpaired) electrons. The van der Waals surface area contributed by atoms with E-state index in [2.05, 4.69) is 20.4 Å². The number of methoxy groups -OCH3 is 1. The number of hydrogen-bond acceptors (Lipinski definition) is 7. The van der Waals surface area contributed by atoms with Crippen LogP contribution >= 0.6 is 0 Å². The number of carbonyl (C=O) groups is 1. The fourth-order valence-corrected chi connectivity index (χ4v) is 3.24. The number of likely N-dealkylation sites (tertiary alicyclic amines) is 1. The lowest BCUT2D eigenvalue weighted by atomic mass is 9.91. The van der Waals surface area contributed by atoms with Crippen LogP contribution in [-0.2, 0) is 16.1 Å². The summed E-state index contributed by atoms with van der Waals surface area (Å²) in [4.78, 5) is 18.6. The first kappa shape index (κ1) is 17.6. The standard InChI is InChI=1S/C17H24N4O4/c1-11-4-5-13(24-11)8-21-7-6-14(17-18-12(2)20-25-17)15(9-21)19-16(22)10-23-3/h4-5,14-15H,6-10H2,1-3H3,(H,19,22)/t14-,15+/m0/s1. The highest BCUT2D eigenvalue weighted by Gasteiger charge is 2.35. The Morgan fingerprint density at radius 1 is 1.44 bits per heavy atom. The molecule has 2 aromatic rings. The molecule has 0 aliphatic carbocycles. The zero-order chi connectivity index (χ0) is 17.8. The number of nitrogens with zero attached hydrogens (tertiary/aromatic N) is 3. The van der Waals surface area contributed by atoms with Gasteiger partial charge in [0.1, 0.15) is 18.1 Å². The van der Waals surface area contributed by atoms with Crippen molar-refractivity contribution in [3.63, 3.8) is 0 Å². The van der Waals surface area contributed by atoms with Gasteiger partial charge in [0.15, 0.2) is 5.82 Å². The molecule has 1 amide bonds. The van der Waals surface area contributed by atoms with Crippen LogP contribution in [0.5, 0.6) is 0 Å². The smallest absolute Gasteiger partial charge is 0.246 e. The molecule has 0 unspecified atom stereocenters. The van der Waals surface area contributed by atoms with E-state index in [9.17, 15) is 4.79 Å². The van der Waals surface area contributed by atoms with Gasteiger partial charge in [-0.05, 0) is 38.9 Å². The Morgan fingerprint density at radius 2 is 2.28 bits per heavy atom. The van der Waals surface area contributed by atoms with Crippen LogP contribution in [0.4, 0.5) is 0 Å². The zero-order valence-corrected chi connectivity index (χ0v) is 14.8. The second-order valence-corrected chi connectivity index (χ2v) is 6.43. The van der Waals surface area contributed by atoms with Gasteiger partial charge in [-0.3, -0.25) is 9.69 Å². The summed E-state index contributed by atoms with van der Waals surface area (Å²) in [7, 11) is 1.50. The van der Waals surface area contributed by atoms with Crippen LogP contribution in [0.1, 0.15) is 35.6 Å². The van der Waals surface area contributed by atoms with Gasteiger partial charge >= 0.3 is 0 Å². The zero-order valence-electron chi connectivity index (χ0n) is 14.8. The van der Waals surface area contributed by atoms with E-state index in [1.54, 1.807) is 6.92 Å². The number of piperidine rings is 1. The van der Waals surface area contributed by atoms with E-state index in [1.807, 2.05) is 19.1 Å². The third kappa shape index (κ3) is 4.46. The predicted octanol–water partition coefficient (Wildman–Crippen LogP) is 1.40. The van der Waals surface area contributed by atoms with E-state index in [0.717, 1.165) is 24.5 Å². The molecule has 1 fully saturated rings. The molecule has 3 heterocycles. The lowest BCUT2D eigenvalue weighted by molar-refractivity contribution is -0.126. The molecule has 2 atom stereocenters. The summed E-state index contributed by atoms with van der Waals surface area (Å²) in [6, 6.07) is 3.83. The molecule has 0 bridgehead atoms. The molecule has 1 aliphatic heterocycles. The van der Waals surface area contributed by atoms with Crippen molar-refractivity contribution in [2.24, 2.45) is 0 Å². The van der Waals surface area contributed by atoms with Crippen molar-refractivity contribution in [3.8, 4) is 0 Å². The molecular weight excluding hydrogens is 324 g/mol. The largest absolute Gasteiger partial charge is 0.465 e. The lowest BCUT2D eigenvalue weighted by Gasteiger charge is -2.37. The van der Waals surface area contributed by atoms with Gasteiger partial charge < -0.3 is 19.0 Å². The van der Waals surface area contributed by atoms with E-state index in [4.69, 9.17) is 13.7 Å². The Balaban J connectivity index is 1.70. The number of aromatic nitrogens is 2. The summed E-state index contributed by atoms with van der Waals surface area (Å²) in [5, 5.41) is 6.91. The van der Waals surface area contributed by atoms with Gasteiger partial charge in [-0.2, -0.15) is 4.98 Å². The van der Waals surface area contributed by atoms with Crippen LogP contribution in [0.2, 0.25) is 0 Å². The molecule has 25 heavy (non-hydrogen) atoms. The summed E-state index contributed by atoms with van der Waals surface area (Å²) in [5.74, 6) is 2.85. The molecule has 1 saturated heterocycles. The van der Waals surface area contributed by atoms with Gasteiger partial charge in [-0.15, -0.1) is 0 Å². The van der Waals surface area contributed by atoms with Gasteiger partial charge in [0.05, 0.1) is 18.5 Å². The van der Waals surface area contributed by atoms with Crippen LogP contribution < -0.4 is 5.32 Å². The van der Waals surface area contributed by atoms with Crippen LogP contribution in [0, 0.1) is 13.8 Å². The number of ether oxygens (including phenoxy) is 1. The van der Waals surface area contributed by atoms with Crippen LogP contribution in [0.3, 0.4) is 0 Å². The first-order valence-electron chi connectivity index (χ1n) is 8.41. The van der Waals surface area contributed by atoms with Crippen molar-refractivity contribution >= 4 is 5.91 Å². The maximum Gasteiger partial charge on any atom is 0.246 e. The number of hydrogen-bond donors (Lipinski definition) is 1. The van der Waals surface area contributed by atoms with Crippen molar-refractivity contribution in [3.05, 3.63) is 35.4 Å². The minimum absolute atomic E-state index is 0.00315. The van der Waals surface area contributed by atoms with Crippen molar-refractivity contribution < 1.29 is 18.5 Å². The monoisotopic (exact) mass is 348 g/mol. The van der Waals surface area contributed by atoms with E-state index in [1.165, 1.54) is 7.11 Å². The van der Waals surface area contributed by atoms with E-state index < -0.39 is 0 Å². The molecule has 0 saturated carbocycles. The normalized spacial score (nSPS) is 21.4. The number of nitrogens with one attached hydrogen (secondary N) is 1. The Morgan fingerprint density at radius 3 is 2.92 bits per heavy atom. The number of aryl methyl sites for hydroxylation is 2. The number of amides is 1. The minimum atomic E-state index is -0.149. The van der Waals surface area contributed by atoms with E-state index >= 15 is 0 Å². The fraction of sp³-hybridized carbons (Fsp3) is 0.588. The lowest BCUT2D eigenvalue weighted by Crippen LogP contribution is -2.52. The summed E-state index contributed by atoms with van der Waals surface area (Å²) in [6.07, 6.45) is 0.819. The SMILES string of the molecule is COCC(=O)N[C@@H]1CN(Cc2ccc(C)o2)CC[C@@H]1c1nc(C)no1. The van der Waals surface area contributed by atoms with Crippen molar-refractivity contribution in [1.82, 2.24) is 20.4 Å². The molecule has 8 nitrogen and oxygen atoms in total. The summed E-state index contributed by atoms with van der Waals surface area (Å²) in [6.45, 7) is 6.01. The molecular formula is C17H24N4O4.